The number of carbonyl (C=O) groups is 1. The number of halogens is 2. The fourth-order valence-corrected chi connectivity index (χ4v) is 6.07. The van der Waals surface area contributed by atoms with Crippen molar-refractivity contribution in [2.75, 3.05) is 16.9 Å². The number of ether oxygens (including phenoxy) is 1. The second-order valence-electron chi connectivity index (χ2n) is 10.9. The minimum absolute atomic E-state index is 0.0839. The van der Waals surface area contributed by atoms with Crippen LogP contribution in [0.5, 0.6) is 5.75 Å². The van der Waals surface area contributed by atoms with Crippen molar-refractivity contribution in [1.29, 1.82) is 0 Å². The highest BCUT2D eigenvalue weighted by molar-refractivity contribution is 6.74. The number of rotatable bonds is 5. The van der Waals surface area contributed by atoms with Gasteiger partial charge in [0.15, 0.2) is 14.1 Å². The number of carbonyl (C=O) groups excluding carboxylic acids is 1. The Hall–Kier alpha value is -2.23. The number of hydrogen-bond acceptors (Lipinski definition) is 5. The summed E-state index contributed by atoms with van der Waals surface area (Å²) in [5.74, 6) is 0.375. The van der Waals surface area contributed by atoms with Crippen molar-refractivity contribution in [3.8, 4) is 5.75 Å². The van der Waals surface area contributed by atoms with Crippen LogP contribution in [0.2, 0.25) is 23.4 Å². The summed E-state index contributed by atoms with van der Waals surface area (Å²) in [5.41, 5.74) is 0.917. The molecule has 1 aliphatic carbocycles. The van der Waals surface area contributed by atoms with Gasteiger partial charge in [-0.1, -0.05) is 20.8 Å². The van der Waals surface area contributed by atoms with Crippen molar-refractivity contribution in [1.82, 2.24) is 9.97 Å². The molecule has 0 spiro atoms. The highest BCUT2D eigenvalue weighted by Gasteiger charge is 2.43. The van der Waals surface area contributed by atoms with Crippen molar-refractivity contribution < 1.29 is 18.3 Å². The van der Waals surface area contributed by atoms with E-state index in [0.29, 0.717) is 11.6 Å². The molecule has 7 nitrogen and oxygen atoms in total. The molecule has 1 saturated carbocycles. The maximum atomic E-state index is 15.0. The summed E-state index contributed by atoms with van der Waals surface area (Å²) in [6.45, 7) is 11.4. The van der Waals surface area contributed by atoms with Crippen LogP contribution >= 0.6 is 11.6 Å². The minimum atomic E-state index is -1.88. The molecular weight excluding hydrogens is 487 g/mol. The molecule has 1 fully saturated rings. The standard InChI is InChI=1S/C25H34ClFN4O3Si/c1-25(2,3)35(5,6)34-18-9-7-17(8-10-18)31-22-16(14-28-23(26)29-22)15-30(24(31)32)21-12-11-19(33-4)13-20(21)27/h11-14,17-18H,7-10,15H2,1-6H3. The molecule has 10 heteroatoms. The SMILES string of the molecule is COc1ccc(N2Cc3cnc(Cl)nc3N(C3CCC(O[Si](C)(C)C(C)(C)C)CC3)C2=O)c(F)c1. The number of benzene rings is 1. The molecule has 2 aliphatic rings. The number of aromatic nitrogens is 2. The van der Waals surface area contributed by atoms with E-state index >= 15 is 0 Å². The summed E-state index contributed by atoms with van der Waals surface area (Å²) in [5, 5.41) is 0.225. The van der Waals surface area contributed by atoms with E-state index < -0.39 is 14.1 Å². The number of anilines is 2. The molecule has 1 aromatic heterocycles. The average Bonchev–Trinajstić information content (AvgIpc) is 2.79. The van der Waals surface area contributed by atoms with Crippen LogP contribution in [0.25, 0.3) is 0 Å². The van der Waals surface area contributed by atoms with Gasteiger partial charge in [-0.15, -0.1) is 0 Å². The molecule has 2 aromatic rings. The predicted octanol–water partition coefficient (Wildman–Crippen LogP) is 6.56. The van der Waals surface area contributed by atoms with Gasteiger partial charge in [-0.05, 0) is 67.5 Å². The number of methoxy groups -OCH3 is 1. The van der Waals surface area contributed by atoms with E-state index in [9.17, 15) is 9.18 Å². The zero-order valence-electron chi connectivity index (χ0n) is 21.3. The molecule has 1 aromatic carbocycles. The molecule has 0 radical (unpaired) electrons. The van der Waals surface area contributed by atoms with Gasteiger partial charge >= 0.3 is 6.03 Å². The van der Waals surface area contributed by atoms with Gasteiger partial charge in [0.05, 0.1) is 19.3 Å². The number of nitrogens with zero attached hydrogens (tertiary/aromatic N) is 4. The summed E-state index contributed by atoms with van der Waals surface area (Å²) in [4.78, 5) is 25.4. The topological polar surface area (TPSA) is 67.8 Å². The lowest BCUT2D eigenvalue weighted by atomic mass is 9.91. The van der Waals surface area contributed by atoms with Crippen molar-refractivity contribution in [3.63, 3.8) is 0 Å². The van der Waals surface area contributed by atoms with Crippen molar-refractivity contribution >= 4 is 37.5 Å². The highest BCUT2D eigenvalue weighted by atomic mass is 35.5. The number of urea groups is 1. The molecular formula is C25H34ClFN4O3Si. The van der Waals surface area contributed by atoms with Crippen LogP contribution in [0.1, 0.15) is 52.0 Å². The number of hydrogen-bond donors (Lipinski definition) is 0. The second-order valence-corrected chi connectivity index (χ2v) is 15.9. The molecule has 0 bridgehead atoms. The van der Waals surface area contributed by atoms with E-state index in [1.807, 2.05) is 0 Å². The molecule has 4 rings (SSSR count). The summed E-state index contributed by atoms with van der Waals surface area (Å²) in [7, 11) is -0.404. The maximum Gasteiger partial charge on any atom is 0.330 e. The third kappa shape index (κ3) is 5.17. The maximum absolute atomic E-state index is 15.0. The average molecular weight is 521 g/mol. The molecule has 190 valence electrons. The molecule has 1 aliphatic heterocycles. The van der Waals surface area contributed by atoms with Gasteiger partial charge < -0.3 is 9.16 Å². The molecule has 0 unspecified atom stereocenters. The Bertz CT molecular complexity index is 1100. The predicted molar refractivity (Wildman–Crippen MR) is 138 cm³/mol. The lowest BCUT2D eigenvalue weighted by Crippen LogP contribution is -2.54. The van der Waals surface area contributed by atoms with Crippen LogP contribution in [-0.4, -0.2) is 43.6 Å². The fourth-order valence-electron chi connectivity index (χ4n) is 4.52. The van der Waals surface area contributed by atoms with Gasteiger partial charge in [0.2, 0.25) is 5.28 Å². The van der Waals surface area contributed by atoms with Gasteiger partial charge in [0, 0.05) is 30.0 Å². The van der Waals surface area contributed by atoms with E-state index in [1.165, 1.54) is 18.1 Å². The van der Waals surface area contributed by atoms with E-state index in [2.05, 4.69) is 43.8 Å². The van der Waals surface area contributed by atoms with E-state index in [0.717, 1.165) is 31.2 Å². The van der Waals surface area contributed by atoms with Crippen LogP contribution in [0, 0.1) is 5.82 Å². The summed E-state index contributed by atoms with van der Waals surface area (Å²) >= 11 is 6.12. The molecule has 0 atom stereocenters. The smallest absolute Gasteiger partial charge is 0.330 e. The Morgan fingerprint density at radius 1 is 1.17 bits per heavy atom. The first kappa shape index (κ1) is 25.8. The Balaban J connectivity index is 1.59. The zero-order chi connectivity index (χ0) is 25.5. The van der Waals surface area contributed by atoms with Crippen molar-refractivity contribution in [2.45, 2.75) is 83.3 Å². The largest absolute Gasteiger partial charge is 0.497 e. The van der Waals surface area contributed by atoms with E-state index in [4.69, 9.17) is 20.8 Å². The van der Waals surface area contributed by atoms with Crippen molar-refractivity contribution in [3.05, 3.63) is 41.1 Å². The Kier molecular flexibility index (Phi) is 7.14. The Morgan fingerprint density at radius 3 is 2.46 bits per heavy atom. The molecule has 0 saturated heterocycles. The van der Waals surface area contributed by atoms with Crippen LogP contribution in [-0.2, 0) is 11.0 Å². The second kappa shape index (κ2) is 9.67. The Morgan fingerprint density at radius 2 is 1.86 bits per heavy atom. The lowest BCUT2D eigenvalue weighted by Gasteiger charge is -2.44. The first-order chi connectivity index (χ1) is 16.4. The van der Waals surface area contributed by atoms with Crippen LogP contribution in [0.15, 0.2) is 24.4 Å². The first-order valence-corrected chi connectivity index (χ1v) is 15.3. The highest BCUT2D eigenvalue weighted by Crippen LogP contribution is 2.41. The van der Waals surface area contributed by atoms with Gasteiger partial charge in [0.25, 0.3) is 0 Å². The van der Waals surface area contributed by atoms with Gasteiger partial charge in [-0.25, -0.2) is 14.2 Å². The lowest BCUT2D eigenvalue weighted by molar-refractivity contribution is 0.129. The zero-order valence-corrected chi connectivity index (χ0v) is 23.0. The van der Waals surface area contributed by atoms with Crippen LogP contribution < -0.4 is 14.5 Å². The molecule has 35 heavy (non-hydrogen) atoms. The van der Waals surface area contributed by atoms with Crippen LogP contribution in [0.3, 0.4) is 0 Å². The Labute approximate surface area is 212 Å². The van der Waals surface area contributed by atoms with Gasteiger partial charge in [0.1, 0.15) is 11.6 Å². The van der Waals surface area contributed by atoms with Gasteiger partial charge in [-0.3, -0.25) is 9.80 Å². The van der Waals surface area contributed by atoms with E-state index in [1.54, 1.807) is 23.2 Å². The molecule has 2 heterocycles. The minimum Gasteiger partial charge on any atom is -0.497 e. The summed E-state index contributed by atoms with van der Waals surface area (Å²) in [6.07, 6.45) is 5.04. The van der Waals surface area contributed by atoms with Gasteiger partial charge in [-0.2, -0.15) is 4.98 Å². The first-order valence-electron chi connectivity index (χ1n) is 12.0. The summed E-state index contributed by atoms with van der Waals surface area (Å²) < 4.78 is 26.7. The third-order valence-electron chi connectivity index (χ3n) is 7.53. The molecule has 2 amide bonds. The quantitative estimate of drug-likeness (QED) is 0.330. The normalized spacial score (nSPS) is 21.2. The number of amides is 2. The van der Waals surface area contributed by atoms with Crippen molar-refractivity contribution in [2.24, 2.45) is 0 Å². The molecule has 0 N–H and O–H groups in total. The van der Waals surface area contributed by atoms with E-state index in [-0.39, 0.29) is 40.7 Å². The number of fused-ring (bicyclic) bond motifs is 1. The summed E-state index contributed by atoms with van der Waals surface area (Å²) in [6, 6.07) is 4.09. The third-order valence-corrected chi connectivity index (χ3v) is 12.2. The monoisotopic (exact) mass is 520 g/mol. The van der Waals surface area contributed by atoms with Crippen LogP contribution in [0.4, 0.5) is 20.7 Å². The fraction of sp³-hybridized carbons (Fsp3) is 0.560.